The summed E-state index contributed by atoms with van der Waals surface area (Å²) in [5.41, 5.74) is 7.18. The molecule has 1 saturated heterocycles. The number of aryl methyl sites for hydroxylation is 5. The van der Waals surface area contributed by atoms with Crippen molar-refractivity contribution in [3.63, 3.8) is 0 Å². The molecule has 0 aliphatic carbocycles. The molecule has 29 heavy (non-hydrogen) atoms. The van der Waals surface area contributed by atoms with Gasteiger partial charge in [-0.15, -0.1) is 0 Å². The summed E-state index contributed by atoms with van der Waals surface area (Å²) >= 11 is 0. The SMILES string of the molecule is CCn1cc(CN2CCCN(c3nc(C)c4cc(C)c(C)cc4n3)CC2)c(C)n1. The molecular weight excluding hydrogens is 360 g/mol. The summed E-state index contributed by atoms with van der Waals surface area (Å²) in [5, 5.41) is 5.76. The van der Waals surface area contributed by atoms with Gasteiger partial charge in [-0.1, -0.05) is 0 Å². The van der Waals surface area contributed by atoms with Crippen molar-refractivity contribution in [1.29, 1.82) is 0 Å². The van der Waals surface area contributed by atoms with Gasteiger partial charge < -0.3 is 4.90 Å². The summed E-state index contributed by atoms with van der Waals surface area (Å²) in [7, 11) is 0. The van der Waals surface area contributed by atoms with E-state index in [9.17, 15) is 0 Å². The molecule has 4 rings (SSSR count). The molecule has 3 heterocycles. The van der Waals surface area contributed by atoms with Gasteiger partial charge in [-0.3, -0.25) is 9.58 Å². The standard InChI is InChI=1S/C23H32N6/c1-6-29-15-20(18(4)26-29)14-27-8-7-9-28(11-10-27)23-24-19(5)21-12-16(2)17(3)13-22(21)25-23/h12-13,15H,6-11,14H2,1-5H3. The lowest BCUT2D eigenvalue weighted by Crippen LogP contribution is -2.31. The summed E-state index contributed by atoms with van der Waals surface area (Å²) in [6.45, 7) is 16.6. The Kier molecular flexibility index (Phi) is 5.54. The highest BCUT2D eigenvalue weighted by molar-refractivity contribution is 5.83. The third kappa shape index (κ3) is 4.13. The van der Waals surface area contributed by atoms with Crippen LogP contribution in [0.15, 0.2) is 18.3 Å². The number of hydrogen-bond donors (Lipinski definition) is 0. The molecule has 0 spiro atoms. The van der Waals surface area contributed by atoms with E-state index >= 15 is 0 Å². The monoisotopic (exact) mass is 392 g/mol. The second-order valence-electron chi connectivity index (χ2n) is 8.27. The average Bonchev–Trinajstić information content (AvgIpc) is 2.89. The number of anilines is 1. The van der Waals surface area contributed by atoms with Gasteiger partial charge in [0.25, 0.3) is 0 Å². The molecule has 2 aromatic heterocycles. The largest absolute Gasteiger partial charge is 0.339 e. The van der Waals surface area contributed by atoms with Gasteiger partial charge in [-0.2, -0.15) is 5.10 Å². The van der Waals surface area contributed by atoms with Crippen LogP contribution in [0.1, 0.15) is 41.4 Å². The molecule has 0 atom stereocenters. The fraction of sp³-hybridized carbons (Fsp3) is 0.522. The third-order valence-electron chi connectivity index (χ3n) is 6.13. The molecule has 1 aromatic carbocycles. The van der Waals surface area contributed by atoms with Gasteiger partial charge in [0.05, 0.1) is 16.9 Å². The van der Waals surface area contributed by atoms with Crippen LogP contribution in [0.2, 0.25) is 0 Å². The Bertz CT molecular complexity index is 1020. The lowest BCUT2D eigenvalue weighted by atomic mass is 10.1. The second-order valence-corrected chi connectivity index (χ2v) is 8.27. The maximum absolute atomic E-state index is 4.92. The lowest BCUT2D eigenvalue weighted by molar-refractivity contribution is 0.285. The van der Waals surface area contributed by atoms with E-state index in [1.807, 2.05) is 4.68 Å². The van der Waals surface area contributed by atoms with Gasteiger partial charge in [0, 0.05) is 56.4 Å². The Balaban J connectivity index is 1.50. The molecule has 0 N–H and O–H groups in total. The zero-order valence-electron chi connectivity index (χ0n) is 18.4. The summed E-state index contributed by atoms with van der Waals surface area (Å²) < 4.78 is 2.03. The van der Waals surface area contributed by atoms with Gasteiger partial charge in [-0.25, -0.2) is 9.97 Å². The van der Waals surface area contributed by atoms with Crippen LogP contribution < -0.4 is 4.90 Å². The van der Waals surface area contributed by atoms with Gasteiger partial charge in [0.15, 0.2) is 0 Å². The second kappa shape index (κ2) is 8.11. The Labute approximate surface area is 173 Å². The molecule has 6 heteroatoms. The van der Waals surface area contributed by atoms with E-state index in [0.29, 0.717) is 0 Å². The number of benzene rings is 1. The Hall–Kier alpha value is -2.47. The minimum Gasteiger partial charge on any atom is -0.339 e. The molecule has 1 fully saturated rings. The highest BCUT2D eigenvalue weighted by Gasteiger charge is 2.19. The van der Waals surface area contributed by atoms with Crippen LogP contribution in [0, 0.1) is 27.7 Å². The van der Waals surface area contributed by atoms with Gasteiger partial charge in [0.2, 0.25) is 5.95 Å². The van der Waals surface area contributed by atoms with Crippen LogP contribution in [0.5, 0.6) is 0 Å². The third-order valence-corrected chi connectivity index (χ3v) is 6.13. The molecular formula is C23H32N6. The number of hydrogen-bond acceptors (Lipinski definition) is 5. The van der Waals surface area contributed by atoms with Crippen molar-refractivity contribution < 1.29 is 0 Å². The van der Waals surface area contributed by atoms with Crippen molar-refractivity contribution in [2.24, 2.45) is 0 Å². The summed E-state index contributed by atoms with van der Waals surface area (Å²) in [4.78, 5) is 14.7. The number of nitrogens with zero attached hydrogens (tertiary/aromatic N) is 6. The van der Waals surface area contributed by atoms with Crippen molar-refractivity contribution in [3.05, 3.63) is 46.4 Å². The van der Waals surface area contributed by atoms with Crippen LogP contribution in [-0.4, -0.2) is 50.8 Å². The fourth-order valence-corrected chi connectivity index (χ4v) is 4.11. The molecule has 6 nitrogen and oxygen atoms in total. The van der Waals surface area contributed by atoms with E-state index in [2.05, 4.69) is 67.8 Å². The van der Waals surface area contributed by atoms with Crippen molar-refractivity contribution >= 4 is 16.9 Å². The Morgan fingerprint density at radius 2 is 1.69 bits per heavy atom. The van der Waals surface area contributed by atoms with Crippen molar-refractivity contribution in [3.8, 4) is 0 Å². The Morgan fingerprint density at radius 3 is 2.45 bits per heavy atom. The highest BCUT2D eigenvalue weighted by Crippen LogP contribution is 2.23. The number of rotatable bonds is 4. The van der Waals surface area contributed by atoms with E-state index in [0.717, 1.165) is 73.9 Å². The van der Waals surface area contributed by atoms with E-state index in [-0.39, 0.29) is 0 Å². The Morgan fingerprint density at radius 1 is 0.897 bits per heavy atom. The zero-order chi connectivity index (χ0) is 20.5. The molecule has 1 aliphatic rings. The minimum atomic E-state index is 0.870. The van der Waals surface area contributed by atoms with E-state index < -0.39 is 0 Å². The fourth-order valence-electron chi connectivity index (χ4n) is 4.11. The summed E-state index contributed by atoms with van der Waals surface area (Å²) in [6.07, 6.45) is 3.31. The molecule has 0 bridgehead atoms. The molecule has 0 radical (unpaired) electrons. The minimum absolute atomic E-state index is 0.870. The maximum atomic E-state index is 4.92. The lowest BCUT2D eigenvalue weighted by Gasteiger charge is -2.22. The number of fused-ring (bicyclic) bond motifs is 1. The maximum Gasteiger partial charge on any atom is 0.226 e. The van der Waals surface area contributed by atoms with E-state index in [4.69, 9.17) is 9.97 Å². The van der Waals surface area contributed by atoms with Gasteiger partial charge in [0.1, 0.15) is 0 Å². The zero-order valence-corrected chi connectivity index (χ0v) is 18.4. The van der Waals surface area contributed by atoms with Crippen LogP contribution in [0.25, 0.3) is 10.9 Å². The molecule has 1 aliphatic heterocycles. The van der Waals surface area contributed by atoms with Crippen molar-refractivity contribution in [2.75, 3.05) is 31.1 Å². The van der Waals surface area contributed by atoms with Crippen LogP contribution in [-0.2, 0) is 13.1 Å². The smallest absolute Gasteiger partial charge is 0.226 e. The average molecular weight is 393 g/mol. The summed E-state index contributed by atoms with van der Waals surface area (Å²) in [6, 6.07) is 4.41. The normalized spacial score (nSPS) is 15.8. The van der Waals surface area contributed by atoms with Gasteiger partial charge in [-0.05, 0) is 64.3 Å². The van der Waals surface area contributed by atoms with E-state index in [1.54, 1.807) is 0 Å². The quantitative estimate of drug-likeness (QED) is 0.676. The van der Waals surface area contributed by atoms with Crippen LogP contribution >= 0.6 is 0 Å². The van der Waals surface area contributed by atoms with Crippen molar-refractivity contribution in [2.45, 2.75) is 54.1 Å². The highest BCUT2D eigenvalue weighted by atomic mass is 15.3. The van der Waals surface area contributed by atoms with Gasteiger partial charge >= 0.3 is 0 Å². The molecule has 3 aromatic rings. The first-order valence-electron chi connectivity index (χ1n) is 10.7. The first-order valence-corrected chi connectivity index (χ1v) is 10.7. The molecule has 0 saturated carbocycles. The van der Waals surface area contributed by atoms with Crippen LogP contribution in [0.3, 0.4) is 0 Å². The number of aromatic nitrogens is 4. The topological polar surface area (TPSA) is 50.1 Å². The van der Waals surface area contributed by atoms with Crippen molar-refractivity contribution in [1.82, 2.24) is 24.6 Å². The predicted octanol–water partition coefficient (Wildman–Crippen LogP) is 3.79. The first-order chi connectivity index (χ1) is 13.9. The molecule has 0 amide bonds. The molecule has 154 valence electrons. The van der Waals surface area contributed by atoms with E-state index in [1.165, 1.54) is 16.7 Å². The van der Waals surface area contributed by atoms with Crippen LogP contribution in [0.4, 0.5) is 5.95 Å². The molecule has 0 unspecified atom stereocenters. The summed E-state index contributed by atoms with van der Waals surface area (Å²) in [5.74, 6) is 0.870. The predicted molar refractivity (Wildman–Crippen MR) is 118 cm³/mol. The first kappa shape index (κ1) is 19.8.